The van der Waals surface area contributed by atoms with E-state index in [4.69, 9.17) is 5.11 Å². The largest absolute Gasteiger partial charge is 0.508 e. The van der Waals surface area contributed by atoms with Crippen molar-refractivity contribution in [2.24, 2.45) is 5.41 Å². The number of benzene rings is 1. The molecular formula is C11H17NO3S. The number of hydrogen-bond donors (Lipinski definition) is 2. The van der Waals surface area contributed by atoms with Crippen molar-refractivity contribution in [1.29, 1.82) is 0 Å². The van der Waals surface area contributed by atoms with E-state index in [9.17, 15) is 8.42 Å². The Kier molecular flexibility index (Phi) is 3.60. The fourth-order valence-corrected chi connectivity index (χ4v) is 2.30. The molecule has 1 aromatic carbocycles. The van der Waals surface area contributed by atoms with E-state index in [1.165, 1.54) is 24.3 Å². The van der Waals surface area contributed by atoms with Gasteiger partial charge in [-0.25, -0.2) is 13.1 Å². The van der Waals surface area contributed by atoms with Crippen molar-refractivity contribution in [3.05, 3.63) is 24.3 Å². The number of rotatable bonds is 3. The number of phenolic OH excluding ortho intramolecular Hbond substituents is 1. The predicted molar refractivity (Wildman–Crippen MR) is 62.8 cm³/mol. The van der Waals surface area contributed by atoms with Gasteiger partial charge in [0.15, 0.2) is 0 Å². The van der Waals surface area contributed by atoms with Crippen molar-refractivity contribution in [2.45, 2.75) is 25.7 Å². The van der Waals surface area contributed by atoms with E-state index in [-0.39, 0.29) is 16.1 Å². The summed E-state index contributed by atoms with van der Waals surface area (Å²) in [5, 5.41) is 9.07. The third-order valence-corrected chi connectivity index (χ3v) is 3.36. The Morgan fingerprint density at radius 3 is 2.12 bits per heavy atom. The average molecular weight is 243 g/mol. The third-order valence-electron chi connectivity index (χ3n) is 1.94. The highest BCUT2D eigenvalue weighted by Crippen LogP contribution is 2.16. The first kappa shape index (κ1) is 13.0. The first-order chi connectivity index (χ1) is 7.21. The molecule has 2 N–H and O–H groups in total. The van der Waals surface area contributed by atoms with Gasteiger partial charge < -0.3 is 5.11 Å². The van der Waals surface area contributed by atoms with E-state index in [1.54, 1.807) is 0 Å². The Morgan fingerprint density at radius 2 is 1.69 bits per heavy atom. The number of nitrogens with one attached hydrogen (secondary N) is 1. The van der Waals surface area contributed by atoms with E-state index in [0.29, 0.717) is 6.54 Å². The summed E-state index contributed by atoms with van der Waals surface area (Å²) in [5.74, 6) is 0.0507. The molecular weight excluding hydrogens is 226 g/mol. The van der Waals surface area contributed by atoms with Gasteiger partial charge in [-0.3, -0.25) is 0 Å². The first-order valence-electron chi connectivity index (χ1n) is 4.99. The molecule has 0 heterocycles. The van der Waals surface area contributed by atoms with Crippen LogP contribution in [0, 0.1) is 5.41 Å². The van der Waals surface area contributed by atoms with E-state index in [2.05, 4.69) is 4.72 Å². The van der Waals surface area contributed by atoms with Crippen LogP contribution in [0.25, 0.3) is 0 Å². The zero-order chi connectivity index (χ0) is 12.4. The Morgan fingerprint density at radius 1 is 1.19 bits per heavy atom. The second-order valence-corrected chi connectivity index (χ2v) is 6.65. The molecule has 4 nitrogen and oxygen atoms in total. The lowest BCUT2D eigenvalue weighted by Gasteiger charge is -2.18. The molecule has 0 saturated carbocycles. The molecule has 0 atom stereocenters. The van der Waals surface area contributed by atoms with Crippen molar-refractivity contribution in [1.82, 2.24) is 4.72 Å². The maximum Gasteiger partial charge on any atom is 0.240 e. The minimum atomic E-state index is -3.47. The summed E-state index contributed by atoms with van der Waals surface area (Å²) >= 11 is 0. The van der Waals surface area contributed by atoms with E-state index in [1.807, 2.05) is 20.8 Å². The Hall–Kier alpha value is -1.07. The van der Waals surface area contributed by atoms with Gasteiger partial charge in [0, 0.05) is 6.54 Å². The van der Waals surface area contributed by atoms with Crippen molar-refractivity contribution >= 4 is 10.0 Å². The van der Waals surface area contributed by atoms with Crippen LogP contribution in [0.2, 0.25) is 0 Å². The van der Waals surface area contributed by atoms with E-state index < -0.39 is 10.0 Å². The van der Waals surface area contributed by atoms with Gasteiger partial charge in [-0.1, -0.05) is 20.8 Å². The summed E-state index contributed by atoms with van der Waals surface area (Å²) in [4.78, 5) is 0.162. The Balaban J connectivity index is 2.83. The zero-order valence-corrected chi connectivity index (χ0v) is 10.5. The lowest BCUT2D eigenvalue weighted by molar-refractivity contribution is 0.407. The van der Waals surface area contributed by atoms with Crippen LogP contribution in [0.1, 0.15) is 20.8 Å². The monoisotopic (exact) mass is 243 g/mol. The average Bonchev–Trinajstić information content (AvgIpc) is 2.15. The van der Waals surface area contributed by atoms with Gasteiger partial charge in [0.1, 0.15) is 5.75 Å². The van der Waals surface area contributed by atoms with Gasteiger partial charge >= 0.3 is 0 Å². The molecule has 0 aromatic heterocycles. The first-order valence-corrected chi connectivity index (χ1v) is 6.48. The summed E-state index contributed by atoms with van der Waals surface area (Å²) in [5.41, 5.74) is -0.107. The highest BCUT2D eigenvalue weighted by Gasteiger charge is 2.18. The number of sulfonamides is 1. The van der Waals surface area contributed by atoms with Gasteiger partial charge in [-0.15, -0.1) is 0 Å². The topological polar surface area (TPSA) is 66.4 Å². The highest BCUT2D eigenvalue weighted by atomic mass is 32.2. The Bertz CT molecular complexity index is 443. The maximum absolute atomic E-state index is 11.8. The smallest absolute Gasteiger partial charge is 0.240 e. The predicted octanol–water partition coefficient (Wildman–Crippen LogP) is 1.72. The van der Waals surface area contributed by atoms with E-state index in [0.717, 1.165) is 0 Å². The molecule has 0 radical (unpaired) electrons. The zero-order valence-electron chi connectivity index (χ0n) is 9.69. The van der Waals surface area contributed by atoms with Crippen LogP contribution in [0.3, 0.4) is 0 Å². The van der Waals surface area contributed by atoms with Crippen LogP contribution in [-0.4, -0.2) is 20.1 Å². The molecule has 0 saturated heterocycles. The minimum Gasteiger partial charge on any atom is -0.508 e. The maximum atomic E-state index is 11.8. The lowest BCUT2D eigenvalue weighted by atomic mass is 9.98. The van der Waals surface area contributed by atoms with Crippen molar-refractivity contribution in [3.63, 3.8) is 0 Å². The molecule has 0 spiro atoms. The summed E-state index contributed by atoms with van der Waals surface area (Å²) in [6, 6.07) is 5.46. The van der Waals surface area contributed by atoms with Crippen molar-refractivity contribution in [2.75, 3.05) is 6.54 Å². The lowest BCUT2D eigenvalue weighted by Crippen LogP contribution is -2.32. The number of aromatic hydroxyl groups is 1. The van der Waals surface area contributed by atoms with Crippen LogP contribution < -0.4 is 4.72 Å². The summed E-state index contributed by atoms with van der Waals surface area (Å²) in [6.45, 7) is 6.22. The van der Waals surface area contributed by atoms with Gasteiger partial charge in [0.2, 0.25) is 10.0 Å². The molecule has 16 heavy (non-hydrogen) atoms. The van der Waals surface area contributed by atoms with Gasteiger partial charge in [0.25, 0.3) is 0 Å². The SMILES string of the molecule is CC(C)(C)CNS(=O)(=O)c1ccc(O)cc1. The normalized spacial score (nSPS) is 12.7. The van der Waals surface area contributed by atoms with Crippen LogP contribution in [0.5, 0.6) is 5.75 Å². The second-order valence-electron chi connectivity index (χ2n) is 4.88. The second kappa shape index (κ2) is 4.43. The molecule has 1 aromatic rings. The molecule has 90 valence electrons. The molecule has 1 rings (SSSR count). The molecule has 0 bridgehead atoms. The molecule has 0 unspecified atom stereocenters. The third kappa shape index (κ3) is 3.83. The van der Waals surface area contributed by atoms with Crippen LogP contribution in [0.4, 0.5) is 0 Å². The minimum absolute atomic E-state index is 0.0507. The van der Waals surface area contributed by atoms with E-state index >= 15 is 0 Å². The molecule has 0 aliphatic heterocycles. The molecule has 0 aliphatic rings. The van der Waals surface area contributed by atoms with Gasteiger partial charge in [-0.05, 0) is 29.7 Å². The number of phenols is 1. The highest BCUT2D eigenvalue weighted by molar-refractivity contribution is 7.89. The standard InChI is InChI=1S/C11H17NO3S/c1-11(2,3)8-12-16(14,15)10-6-4-9(13)5-7-10/h4-7,12-13H,8H2,1-3H3. The summed E-state index contributed by atoms with van der Waals surface area (Å²) < 4.78 is 26.1. The molecule has 5 heteroatoms. The van der Waals surface area contributed by atoms with Gasteiger partial charge in [-0.2, -0.15) is 0 Å². The molecule has 0 aliphatic carbocycles. The van der Waals surface area contributed by atoms with Crippen LogP contribution in [0.15, 0.2) is 29.2 Å². The fourth-order valence-electron chi connectivity index (χ4n) is 1.02. The van der Waals surface area contributed by atoms with Crippen molar-refractivity contribution in [3.8, 4) is 5.75 Å². The quantitative estimate of drug-likeness (QED) is 0.849. The Labute approximate surface area is 96.4 Å². The van der Waals surface area contributed by atoms with Gasteiger partial charge in [0.05, 0.1) is 4.90 Å². The fraction of sp³-hybridized carbons (Fsp3) is 0.455. The molecule has 0 fully saturated rings. The summed E-state index contributed by atoms with van der Waals surface area (Å²) in [7, 11) is -3.47. The number of hydrogen-bond acceptors (Lipinski definition) is 3. The summed E-state index contributed by atoms with van der Waals surface area (Å²) in [6.07, 6.45) is 0. The van der Waals surface area contributed by atoms with Crippen molar-refractivity contribution < 1.29 is 13.5 Å². The molecule has 0 amide bonds. The van der Waals surface area contributed by atoms with Crippen LogP contribution >= 0.6 is 0 Å². The van der Waals surface area contributed by atoms with Crippen LogP contribution in [-0.2, 0) is 10.0 Å².